The summed E-state index contributed by atoms with van der Waals surface area (Å²) in [6, 6.07) is 63.8. The van der Waals surface area contributed by atoms with Crippen LogP contribution in [-0.2, 0) is 11.2 Å². The zero-order chi connectivity index (χ0) is 87.5. The molecule has 1 unspecified atom stereocenters. The molecule has 1 saturated heterocycles. The van der Waals surface area contributed by atoms with Crippen molar-refractivity contribution in [1.82, 2.24) is 9.80 Å². The molecule has 0 spiro atoms. The molecule has 11 rings (SSSR count). The fraction of sp³-hybridized carbons (Fsp3) is 0.367. The fourth-order valence-electron chi connectivity index (χ4n) is 13.7. The van der Waals surface area contributed by atoms with Gasteiger partial charge in [-0.25, -0.2) is 0 Å². The quantitative estimate of drug-likeness (QED) is 0.0220. The fourth-order valence-corrected chi connectivity index (χ4v) is 13.7. The summed E-state index contributed by atoms with van der Waals surface area (Å²) >= 11 is 0. The third-order valence-corrected chi connectivity index (χ3v) is 21.4. The monoisotopic (exact) mass is 1620 g/mol. The van der Waals surface area contributed by atoms with Crippen LogP contribution in [0.5, 0.6) is 46.0 Å². The van der Waals surface area contributed by atoms with Gasteiger partial charge in [0.05, 0.1) is 24.3 Å². The lowest BCUT2D eigenvalue weighted by atomic mass is 9.79. The lowest BCUT2D eigenvalue weighted by Gasteiger charge is -2.39. The van der Waals surface area contributed by atoms with Gasteiger partial charge in [0.15, 0.2) is 46.3 Å². The number of carbonyl (C=O) groups is 8. The van der Waals surface area contributed by atoms with Crippen LogP contribution in [0.4, 0.5) is 0 Å². The van der Waals surface area contributed by atoms with Crippen LogP contribution >= 0.6 is 0 Å². The Morgan fingerprint density at radius 3 is 0.874 bits per heavy atom. The predicted molar refractivity (Wildman–Crippen MR) is 459 cm³/mol. The molecule has 0 radical (unpaired) electrons. The Morgan fingerprint density at radius 2 is 0.613 bits per heavy atom. The van der Waals surface area contributed by atoms with Gasteiger partial charge in [-0.2, -0.15) is 0 Å². The molecule has 0 bridgehead atoms. The van der Waals surface area contributed by atoms with Gasteiger partial charge < -0.3 is 54.3 Å². The van der Waals surface area contributed by atoms with Gasteiger partial charge in [0.2, 0.25) is 0 Å². The van der Waals surface area contributed by atoms with E-state index in [9.17, 15) is 69.0 Å². The molecular weight excluding hydrogens is 1510 g/mol. The second kappa shape index (κ2) is 40.3. The van der Waals surface area contributed by atoms with Crippen molar-refractivity contribution in [2.24, 2.45) is 0 Å². The highest BCUT2D eigenvalue weighted by molar-refractivity contribution is 6.06. The van der Waals surface area contributed by atoms with Crippen LogP contribution in [0, 0.1) is 0 Å². The second-order valence-electron chi connectivity index (χ2n) is 32.9. The van der Waals surface area contributed by atoms with Crippen LogP contribution in [0.3, 0.4) is 0 Å². The van der Waals surface area contributed by atoms with E-state index in [2.05, 4.69) is 17.0 Å². The van der Waals surface area contributed by atoms with Crippen molar-refractivity contribution >= 4 is 46.3 Å². The number of ketones is 8. The van der Waals surface area contributed by atoms with Crippen molar-refractivity contribution in [3.05, 3.63) is 275 Å². The first kappa shape index (κ1) is 93.7. The lowest BCUT2D eigenvalue weighted by Crippen LogP contribution is -2.54. The highest BCUT2D eigenvalue weighted by Gasteiger charge is 2.42. The SMILES string of the molecule is CC(C)(O)C(=O)c1ccc(Oc2ccc(C(=O)C(C)(C)N3CCOCC3)cc2)cc1.CC(C)(O)C(=O)c1ccc(Oc2ccc(C(=O)C3(O)CCCCC3)cc2)cc1.CCC(Cc1ccccc1)(C(=O)c1ccc(Oc2ccc(C(=O)C(C)(C)O)cc2)cc1)N(C)C.CCC(O)(CC)C(=O)c1ccc(Oc2ccc(C(=O)C(C)(C)O)cc2)cc1. The number of morpholine rings is 1. The zero-order valence-electron chi connectivity index (χ0n) is 70.9. The van der Waals surface area contributed by atoms with E-state index >= 15 is 0 Å². The average Bonchev–Trinajstić information content (AvgIpc) is 0.786. The average molecular weight is 1620 g/mol. The smallest absolute Gasteiger partial charge is 0.194 e. The van der Waals surface area contributed by atoms with E-state index in [1.54, 1.807) is 208 Å². The normalized spacial score (nSPS) is 14.3. The number of benzene rings is 9. The van der Waals surface area contributed by atoms with E-state index in [1.807, 2.05) is 58.0 Å². The molecule has 2 fully saturated rings. The van der Waals surface area contributed by atoms with E-state index < -0.39 is 44.7 Å². The zero-order valence-corrected chi connectivity index (χ0v) is 70.9. The topological polar surface area (TPSA) is 311 Å². The first-order valence-electron chi connectivity index (χ1n) is 40.2. The van der Waals surface area contributed by atoms with Crippen LogP contribution in [0.1, 0.15) is 230 Å². The summed E-state index contributed by atoms with van der Waals surface area (Å²) in [5, 5.41) is 60.3. The second-order valence-corrected chi connectivity index (χ2v) is 32.9. The number of hydrogen-bond acceptors (Lipinski definition) is 21. The van der Waals surface area contributed by atoms with Crippen molar-refractivity contribution in [2.75, 3.05) is 40.4 Å². The minimum atomic E-state index is -1.43. The predicted octanol–water partition coefficient (Wildman–Crippen LogP) is 17.8. The van der Waals surface area contributed by atoms with Crippen molar-refractivity contribution < 1.29 is 92.7 Å². The standard InChI is InChI=1S/C29H33NO4.C24H29NO5.C23H26O5.C22H26O5/c1-6-29(30(4)5,20-21-10-8-7-9-11-21)27(32)23-14-18-25(19-15-23)34-24-16-12-22(13-17-24)26(31)28(2,3)33;1-23(2,25-13-15-29-16-14-25)21(26)17-5-9-19(10-6-17)30-20-11-7-18(8-12-20)22(27)24(3,4)28;1-22(2,26)20(24)16-6-10-18(11-7-16)28-19-12-8-17(9-13-19)21(25)23(27)14-4-3-5-15-23;1-5-22(26,6-2)20(24)16-9-13-18(14-10-16)27-17-11-7-15(8-12-17)19(23)21(3,4)25/h7-19,33H,6,20H2,1-5H3;5-12,28H,13-16H2,1-4H3;6-13,26-27H,3-5,14-15H2,1-2H3;7-14,25-26H,5-6H2,1-4H3. The number of Topliss-reactive ketones (excluding diaryl/α,β-unsaturated/α-hetero) is 8. The molecule has 9 aromatic carbocycles. The number of likely N-dealkylation sites (N-methyl/N-ethyl adjacent to an activating group) is 1. The minimum absolute atomic E-state index is 0.0606. The van der Waals surface area contributed by atoms with E-state index in [-0.39, 0.29) is 46.3 Å². The Labute approximate surface area is 698 Å². The summed E-state index contributed by atoms with van der Waals surface area (Å²) in [6.07, 6.45) is 5.85. The molecule has 0 amide bonds. The first-order chi connectivity index (χ1) is 55.9. The van der Waals surface area contributed by atoms with Gasteiger partial charge in [-0.1, -0.05) is 70.4 Å². The molecule has 6 N–H and O–H groups in total. The van der Waals surface area contributed by atoms with Crippen LogP contribution in [0.15, 0.2) is 224 Å². The summed E-state index contributed by atoms with van der Waals surface area (Å²) in [5.41, 5.74) is -4.61. The molecular formula is C98H114N2O19. The van der Waals surface area contributed by atoms with Gasteiger partial charge in [0.1, 0.15) is 79.6 Å². The van der Waals surface area contributed by atoms with Gasteiger partial charge in [0, 0.05) is 57.6 Å². The van der Waals surface area contributed by atoms with Gasteiger partial charge >= 0.3 is 0 Å². The Balaban J connectivity index is 0.000000198. The summed E-state index contributed by atoms with van der Waals surface area (Å²) in [6.45, 7) is 23.9. The third kappa shape index (κ3) is 25.1. The van der Waals surface area contributed by atoms with E-state index in [0.29, 0.717) is 142 Å². The van der Waals surface area contributed by atoms with Crippen LogP contribution < -0.4 is 18.9 Å². The lowest BCUT2D eigenvalue weighted by molar-refractivity contribution is -0.00430. The number of carbonyl (C=O) groups excluding carboxylic acids is 8. The maximum Gasteiger partial charge on any atom is 0.194 e. The van der Waals surface area contributed by atoms with Crippen LogP contribution in [0.25, 0.3) is 0 Å². The van der Waals surface area contributed by atoms with Crippen molar-refractivity contribution in [3.63, 3.8) is 0 Å². The maximum atomic E-state index is 13.7. The highest BCUT2D eigenvalue weighted by Crippen LogP contribution is 2.36. The Kier molecular flexibility index (Phi) is 31.7. The maximum absolute atomic E-state index is 13.7. The third-order valence-electron chi connectivity index (χ3n) is 21.4. The largest absolute Gasteiger partial charge is 0.457 e. The van der Waals surface area contributed by atoms with Crippen molar-refractivity contribution in [2.45, 2.75) is 192 Å². The van der Waals surface area contributed by atoms with Crippen LogP contribution in [-0.4, -0.2) is 172 Å². The first-order valence-corrected chi connectivity index (χ1v) is 40.2. The summed E-state index contributed by atoms with van der Waals surface area (Å²) < 4.78 is 28.6. The number of nitrogens with zero attached hydrogens (tertiary/aromatic N) is 2. The van der Waals surface area contributed by atoms with E-state index in [4.69, 9.17) is 23.7 Å². The molecule has 119 heavy (non-hydrogen) atoms. The molecule has 0 aromatic heterocycles. The Hall–Kier alpha value is -10.8. The molecule has 9 aromatic rings. The van der Waals surface area contributed by atoms with Crippen molar-refractivity contribution in [3.8, 4) is 46.0 Å². The molecule has 1 aliphatic carbocycles. The molecule has 1 heterocycles. The molecule has 21 heteroatoms. The Bertz CT molecular complexity index is 4880. The Morgan fingerprint density at radius 1 is 0.353 bits per heavy atom. The molecule has 1 atom stereocenters. The molecule has 1 aliphatic heterocycles. The van der Waals surface area contributed by atoms with Gasteiger partial charge in [-0.05, 0) is 322 Å². The summed E-state index contributed by atoms with van der Waals surface area (Å²) in [5.74, 6) is 2.65. The number of rotatable bonds is 31. The molecule has 21 nitrogen and oxygen atoms in total. The van der Waals surface area contributed by atoms with E-state index in [1.165, 1.54) is 55.4 Å². The van der Waals surface area contributed by atoms with Crippen molar-refractivity contribution in [1.29, 1.82) is 0 Å². The number of aliphatic hydroxyl groups is 6. The number of ether oxygens (including phenoxy) is 5. The number of hydrogen-bond donors (Lipinski definition) is 6. The van der Waals surface area contributed by atoms with Crippen LogP contribution in [0.2, 0.25) is 0 Å². The van der Waals surface area contributed by atoms with Gasteiger partial charge in [0.25, 0.3) is 0 Å². The minimum Gasteiger partial charge on any atom is -0.457 e. The molecule has 630 valence electrons. The molecule has 1 saturated carbocycles. The molecule has 2 aliphatic rings. The summed E-state index contributed by atoms with van der Waals surface area (Å²) in [7, 11) is 3.91. The summed E-state index contributed by atoms with van der Waals surface area (Å²) in [4.78, 5) is 104. The highest BCUT2D eigenvalue weighted by atomic mass is 16.5. The van der Waals surface area contributed by atoms with Gasteiger partial charge in [-0.15, -0.1) is 0 Å². The van der Waals surface area contributed by atoms with E-state index in [0.717, 1.165) is 37.9 Å². The van der Waals surface area contributed by atoms with Gasteiger partial charge in [-0.3, -0.25) is 48.2 Å².